The first-order chi connectivity index (χ1) is 19.4. The van der Waals surface area contributed by atoms with Gasteiger partial charge in [0.05, 0.1) is 29.4 Å². The summed E-state index contributed by atoms with van der Waals surface area (Å²) in [5.74, 6) is 0.0977. The van der Waals surface area contributed by atoms with E-state index < -0.39 is 11.6 Å². The van der Waals surface area contributed by atoms with Gasteiger partial charge in [0.2, 0.25) is 5.91 Å². The smallest absolute Gasteiger partial charge is 0.341 e. The summed E-state index contributed by atoms with van der Waals surface area (Å²) in [4.78, 5) is 34.7. The Morgan fingerprint density at radius 1 is 1.07 bits per heavy atom. The zero-order valence-electron chi connectivity index (χ0n) is 22.9. The molecule has 2 saturated heterocycles. The van der Waals surface area contributed by atoms with Crippen molar-refractivity contribution in [3.8, 4) is 0 Å². The second-order valence-corrected chi connectivity index (χ2v) is 13.9. The first-order valence-electron chi connectivity index (χ1n) is 13.9. The third-order valence-corrected chi connectivity index (χ3v) is 10.5. The van der Waals surface area contributed by atoms with Crippen LogP contribution in [0.25, 0.3) is 0 Å². The van der Waals surface area contributed by atoms with E-state index in [-0.39, 0.29) is 47.3 Å². The van der Waals surface area contributed by atoms with Crippen molar-refractivity contribution in [2.45, 2.75) is 57.2 Å². The number of aromatic nitrogens is 4. The molecule has 2 aliphatic carbocycles. The highest BCUT2D eigenvalue weighted by molar-refractivity contribution is 7.11. The molecule has 4 fully saturated rings. The molecule has 4 heterocycles. The van der Waals surface area contributed by atoms with Crippen LogP contribution >= 0.6 is 11.3 Å². The summed E-state index contributed by atoms with van der Waals surface area (Å²) in [5, 5.41) is 8.81. The number of alkyl halides is 3. The lowest BCUT2D eigenvalue weighted by Crippen LogP contribution is -2.62. The number of rotatable bonds is 6. The van der Waals surface area contributed by atoms with Gasteiger partial charge in [-0.1, -0.05) is 43.3 Å². The Hall–Kier alpha value is -3.28. The molecule has 0 N–H and O–H groups in total. The number of halogens is 3. The topological polar surface area (TPSA) is 84.2 Å². The van der Waals surface area contributed by atoms with Crippen LogP contribution < -0.4 is 0 Å². The summed E-state index contributed by atoms with van der Waals surface area (Å²) in [6.07, 6.45) is 0.387. The van der Waals surface area contributed by atoms with Gasteiger partial charge in [-0.25, -0.2) is 4.68 Å². The molecule has 2 saturated carbocycles. The number of hydrogen-bond acceptors (Lipinski definition) is 6. The Kier molecular flexibility index (Phi) is 5.75. The highest BCUT2D eigenvalue weighted by Gasteiger charge is 2.64. The van der Waals surface area contributed by atoms with E-state index in [1.54, 1.807) is 40.7 Å². The number of carbonyl (C=O) groups is 2. The van der Waals surface area contributed by atoms with Crippen LogP contribution in [-0.4, -0.2) is 73.9 Å². The van der Waals surface area contributed by atoms with Gasteiger partial charge < -0.3 is 9.80 Å². The SMILES string of the molecule is CC1(C)C[C@@H]1C(=O)N1CC2(CN(C(=O)c3cncs3)CC2c2cn(Cc3ccc(C4(C(F)(F)F)CC4)cc3)nn2)C1. The van der Waals surface area contributed by atoms with Gasteiger partial charge in [0.15, 0.2) is 0 Å². The van der Waals surface area contributed by atoms with Crippen LogP contribution in [0.4, 0.5) is 13.2 Å². The van der Waals surface area contributed by atoms with Crippen molar-refractivity contribution >= 4 is 23.2 Å². The van der Waals surface area contributed by atoms with E-state index >= 15 is 0 Å². The molecule has 41 heavy (non-hydrogen) atoms. The van der Waals surface area contributed by atoms with Crippen molar-refractivity contribution in [2.24, 2.45) is 16.7 Å². The predicted molar refractivity (Wildman–Crippen MR) is 144 cm³/mol. The summed E-state index contributed by atoms with van der Waals surface area (Å²) < 4.78 is 42.2. The number of nitrogens with zero attached hydrogens (tertiary/aromatic N) is 6. The monoisotopic (exact) mass is 584 g/mol. The van der Waals surface area contributed by atoms with Gasteiger partial charge >= 0.3 is 6.18 Å². The molecule has 12 heteroatoms. The van der Waals surface area contributed by atoms with E-state index in [9.17, 15) is 22.8 Å². The van der Waals surface area contributed by atoms with Crippen LogP contribution in [0.5, 0.6) is 0 Å². The van der Waals surface area contributed by atoms with Crippen molar-refractivity contribution in [2.75, 3.05) is 26.2 Å². The molecule has 2 aromatic heterocycles. The van der Waals surface area contributed by atoms with Gasteiger partial charge in [-0.3, -0.25) is 14.6 Å². The molecule has 2 amide bonds. The fourth-order valence-electron chi connectivity index (χ4n) is 6.83. The van der Waals surface area contributed by atoms with Crippen LogP contribution in [0.15, 0.2) is 42.2 Å². The summed E-state index contributed by atoms with van der Waals surface area (Å²) in [6.45, 7) is 6.75. The zero-order valence-corrected chi connectivity index (χ0v) is 23.7. The minimum Gasteiger partial charge on any atom is -0.341 e. The summed E-state index contributed by atoms with van der Waals surface area (Å²) >= 11 is 1.31. The van der Waals surface area contributed by atoms with E-state index in [1.165, 1.54) is 11.3 Å². The minimum atomic E-state index is -4.24. The Labute approximate surface area is 239 Å². The van der Waals surface area contributed by atoms with Gasteiger partial charge in [-0.05, 0) is 35.8 Å². The first-order valence-corrected chi connectivity index (χ1v) is 14.8. The summed E-state index contributed by atoms with van der Waals surface area (Å²) in [7, 11) is 0. The van der Waals surface area contributed by atoms with Crippen molar-refractivity contribution < 1.29 is 22.8 Å². The molecule has 0 bridgehead atoms. The van der Waals surface area contributed by atoms with Crippen molar-refractivity contribution in [1.29, 1.82) is 0 Å². The number of amides is 2. The second-order valence-electron chi connectivity index (χ2n) is 13.0. The minimum absolute atomic E-state index is 0.0516. The molecule has 7 rings (SSSR count). The van der Waals surface area contributed by atoms with Crippen molar-refractivity contribution in [3.63, 3.8) is 0 Å². The maximum Gasteiger partial charge on any atom is 0.398 e. The number of likely N-dealkylation sites (tertiary alicyclic amines) is 2. The summed E-state index contributed by atoms with van der Waals surface area (Å²) in [6, 6.07) is 6.60. The molecule has 1 aromatic carbocycles. The molecule has 3 aromatic rings. The lowest BCUT2D eigenvalue weighted by molar-refractivity contribution is -0.160. The maximum absolute atomic E-state index is 13.5. The van der Waals surface area contributed by atoms with Gasteiger partial charge in [-0.2, -0.15) is 13.2 Å². The third-order valence-electron chi connectivity index (χ3n) is 9.77. The quantitative estimate of drug-likeness (QED) is 0.427. The van der Waals surface area contributed by atoms with Gasteiger partial charge in [0, 0.05) is 49.6 Å². The summed E-state index contributed by atoms with van der Waals surface area (Å²) in [5.41, 5.74) is 1.60. The van der Waals surface area contributed by atoms with Crippen LogP contribution in [0.3, 0.4) is 0 Å². The third kappa shape index (κ3) is 4.36. The number of thiazole rings is 1. The van der Waals surface area contributed by atoms with E-state index in [1.807, 2.05) is 16.0 Å². The average Bonchev–Trinajstić information content (AvgIpc) is 3.55. The highest BCUT2D eigenvalue weighted by atomic mass is 32.1. The normalized spacial score (nSPS) is 25.3. The highest BCUT2D eigenvalue weighted by Crippen LogP contribution is 2.59. The first kappa shape index (κ1) is 26.6. The van der Waals surface area contributed by atoms with Crippen molar-refractivity contribution in [1.82, 2.24) is 29.8 Å². The Balaban J connectivity index is 1.09. The van der Waals surface area contributed by atoms with Crippen molar-refractivity contribution in [3.05, 3.63) is 63.9 Å². The second kappa shape index (κ2) is 8.86. The molecule has 8 nitrogen and oxygen atoms in total. The fraction of sp³-hybridized carbons (Fsp3) is 0.552. The molecular weight excluding hydrogens is 553 g/mol. The van der Waals surface area contributed by atoms with Gasteiger partial charge in [0.25, 0.3) is 5.91 Å². The number of carbonyl (C=O) groups excluding carboxylic acids is 2. The van der Waals surface area contributed by atoms with Gasteiger partial charge in [0.1, 0.15) is 4.88 Å². The average molecular weight is 585 g/mol. The maximum atomic E-state index is 13.5. The predicted octanol–water partition coefficient (Wildman–Crippen LogP) is 4.49. The van der Waals surface area contributed by atoms with Crippen LogP contribution in [0.1, 0.15) is 65.5 Å². The number of hydrogen-bond donors (Lipinski definition) is 0. The van der Waals surface area contributed by atoms with E-state index in [4.69, 9.17) is 0 Å². The molecule has 0 radical (unpaired) electrons. The van der Waals surface area contributed by atoms with E-state index in [0.717, 1.165) is 17.7 Å². The lowest BCUT2D eigenvalue weighted by Gasteiger charge is -2.50. The Morgan fingerprint density at radius 3 is 2.34 bits per heavy atom. The molecule has 1 spiro atoms. The Bertz CT molecular complexity index is 1490. The Morgan fingerprint density at radius 2 is 1.76 bits per heavy atom. The molecule has 216 valence electrons. The molecular formula is C29H31F3N6O2S. The molecule has 1 unspecified atom stereocenters. The van der Waals surface area contributed by atoms with Crippen LogP contribution in [-0.2, 0) is 16.8 Å². The standard InChI is InChI=1S/C29H31F3N6O2S/c1-26(2)9-20(26)24(39)37-15-27(16-37)14-36(25(40)23-10-33-17-41-23)12-21(27)22-13-38(35-34-22)11-18-3-5-19(6-4-18)28(7-8-28)29(30,31)32/h3-6,10,13,17,20-21H,7-9,11-12,14-16H2,1-2H3/t20-,21?/m1/s1. The zero-order chi connectivity index (χ0) is 28.8. The lowest BCUT2D eigenvalue weighted by atomic mass is 9.70. The molecule has 2 atom stereocenters. The largest absolute Gasteiger partial charge is 0.398 e. The molecule has 2 aliphatic heterocycles. The van der Waals surface area contributed by atoms with Gasteiger partial charge in [-0.15, -0.1) is 16.4 Å². The fourth-order valence-corrected chi connectivity index (χ4v) is 7.42. The molecule has 4 aliphatic rings. The van der Waals surface area contributed by atoms with E-state index in [2.05, 4.69) is 29.1 Å². The van der Waals surface area contributed by atoms with Crippen LogP contribution in [0.2, 0.25) is 0 Å². The van der Waals surface area contributed by atoms with Crippen LogP contribution in [0, 0.1) is 16.7 Å². The van der Waals surface area contributed by atoms with E-state index in [0.29, 0.717) is 43.2 Å². The number of benzene rings is 1.